The average molecular weight is 459 g/mol. The molecule has 2 saturated heterocycles. The van der Waals surface area contributed by atoms with Crippen LogP contribution in [0.4, 0.5) is 5.82 Å². The van der Waals surface area contributed by atoms with Crippen LogP contribution in [0.3, 0.4) is 0 Å². The van der Waals surface area contributed by atoms with Gasteiger partial charge in [-0.3, -0.25) is 9.78 Å². The van der Waals surface area contributed by atoms with Gasteiger partial charge in [0.15, 0.2) is 0 Å². The van der Waals surface area contributed by atoms with Gasteiger partial charge in [0.05, 0.1) is 34.5 Å². The topological polar surface area (TPSA) is 67.2 Å². The van der Waals surface area contributed by atoms with Crippen molar-refractivity contribution in [3.63, 3.8) is 0 Å². The van der Waals surface area contributed by atoms with Crippen LogP contribution < -0.4 is 4.90 Å². The monoisotopic (exact) mass is 458 g/mol. The van der Waals surface area contributed by atoms with Crippen molar-refractivity contribution in [1.82, 2.24) is 24.6 Å². The normalized spacial score (nSPS) is 19.9. The van der Waals surface area contributed by atoms with E-state index < -0.39 is 0 Å². The molecule has 7 nitrogen and oxygen atoms in total. The number of benzene rings is 2. The highest BCUT2D eigenvalue weighted by atomic mass is 35.5. The molecule has 2 atom stereocenters. The van der Waals surface area contributed by atoms with Crippen molar-refractivity contribution < 1.29 is 4.79 Å². The van der Waals surface area contributed by atoms with Crippen LogP contribution in [0, 0.1) is 12.8 Å². The molecule has 2 aromatic heterocycles. The molecule has 6 rings (SSSR count). The number of nitrogens with zero attached hydrogens (tertiary/aromatic N) is 6. The number of hydrogen-bond acceptors (Lipinski definition) is 5. The third kappa shape index (κ3) is 3.53. The number of piperidine rings is 1. The fraction of sp³-hybridized carbons (Fsp3) is 0.280. The number of likely N-dealkylation sites (tertiary alicyclic amines) is 1. The second-order valence-electron chi connectivity index (χ2n) is 8.85. The molecule has 1 amide bonds. The molecule has 0 N–H and O–H groups in total. The van der Waals surface area contributed by atoms with E-state index in [2.05, 4.69) is 15.0 Å². The largest absolute Gasteiger partial charge is 0.350 e. The molecular formula is C25H23ClN6O. The first-order chi connectivity index (χ1) is 16.1. The summed E-state index contributed by atoms with van der Waals surface area (Å²) in [4.78, 5) is 27.2. The number of amides is 1. The van der Waals surface area contributed by atoms with Crippen LogP contribution >= 0.6 is 11.6 Å². The van der Waals surface area contributed by atoms with E-state index in [9.17, 15) is 4.79 Å². The lowest BCUT2D eigenvalue weighted by molar-refractivity contribution is 0.0591. The highest BCUT2D eigenvalue weighted by Gasteiger charge is 2.44. The lowest BCUT2D eigenvalue weighted by Gasteiger charge is -2.53. The Morgan fingerprint density at radius 2 is 2.03 bits per heavy atom. The van der Waals surface area contributed by atoms with Crippen LogP contribution in [0.1, 0.15) is 22.3 Å². The molecule has 2 aromatic carbocycles. The summed E-state index contributed by atoms with van der Waals surface area (Å²) in [5, 5.41) is 4.99. The first-order valence-corrected chi connectivity index (χ1v) is 11.5. The SMILES string of the molecule is Cc1ccc(-n2cccn2)c(C(=O)N2CC[C@H]3CN(c4cnc5ccc(Cl)cc5n4)[C@H]3C2)c1. The Morgan fingerprint density at radius 1 is 1.12 bits per heavy atom. The van der Waals surface area contributed by atoms with Gasteiger partial charge in [0, 0.05) is 43.0 Å². The van der Waals surface area contributed by atoms with Gasteiger partial charge < -0.3 is 9.80 Å². The fourth-order valence-electron chi connectivity index (χ4n) is 4.96. The number of aryl methyl sites for hydroxylation is 1. The molecule has 33 heavy (non-hydrogen) atoms. The van der Waals surface area contributed by atoms with E-state index >= 15 is 0 Å². The van der Waals surface area contributed by atoms with Crippen molar-refractivity contribution in [2.45, 2.75) is 19.4 Å². The van der Waals surface area contributed by atoms with Crippen LogP contribution in [0.25, 0.3) is 16.7 Å². The average Bonchev–Trinajstić information content (AvgIpc) is 3.34. The van der Waals surface area contributed by atoms with Crippen molar-refractivity contribution in [1.29, 1.82) is 0 Å². The minimum absolute atomic E-state index is 0.0471. The van der Waals surface area contributed by atoms with E-state index in [0.717, 1.165) is 47.6 Å². The minimum Gasteiger partial charge on any atom is -0.350 e. The molecule has 8 heteroatoms. The number of rotatable bonds is 3. The molecular weight excluding hydrogens is 436 g/mol. The van der Waals surface area contributed by atoms with Crippen molar-refractivity contribution in [2.24, 2.45) is 5.92 Å². The maximum absolute atomic E-state index is 13.6. The van der Waals surface area contributed by atoms with Crippen LogP contribution in [0.5, 0.6) is 0 Å². The Kier molecular flexibility index (Phi) is 4.80. The summed E-state index contributed by atoms with van der Waals surface area (Å²) >= 11 is 6.15. The number of anilines is 1. The van der Waals surface area contributed by atoms with Crippen LogP contribution in [-0.4, -0.2) is 56.2 Å². The van der Waals surface area contributed by atoms with E-state index in [1.165, 1.54) is 0 Å². The minimum atomic E-state index is 0.0471. The van der Waals surface area contributed by atoms with Gasteiger partial charge in [-0.05, 0) is 49.7 Å². The zero-order valence-electron chi connectivity index (χ0n) is 18.2. The van der Waals surface area contributed by atoms with Gasteiger partial charge >= 0.3 is 0 Å². The fourth-order valence-corrected chi connectivity index (χ4v) is 5.13. The summed E-state index contributed by atoms with van der Waals surface area (Å²) in [7, 11) is 0. The van der Waals surface area contributed by atoms with E-state index in [4.69, 9.17) is 16.6 Å². The predicted octanol–water partition coefficient (Wildman–Crippen LogP) is 4.13. The number of carbonyl (C=O) groups excluding carboxylic acids is 1. The Hall–Kier alpha value is -3.45. The van der Waals surface area contributed by atoms with Crippen molar-refractivity contribution in [2.75, 3.05) is 24.5 Å². The maximum Gasteiger partial charge on any atom is 0.256 e. The molecule has 0 saturated carbocycles. The second-order valence-corrected chi connectivity index (χ2v) is 9.29. The summed E-state index contributed by atoms with van der Waals surface area (Å²) in [6.07, 6.45) is 6.40. The van der Waals surface area contributed by atoms with E-state index in [1.807, 2.05) is 66.7 Å². The summed E-state index contributed by atoms with van der Waals surface area (Å²) in [6.45, 7) is 4.38. The number of fused-ring (bicyclic) bond motifs is 2. The molecule has 0 bridgehead atoms. The summed E-state index contributed by atoms with van der Waals surface area (Å²) in [5.41, 5.74) is 4.16. The molecule has 0 unspecified atom stereocenters. The molecule has 2 aliphatic rings. The van der Waals surface area contributed by atoms with Gasteiger partial charge in [-0.15, -0.1) is 0 Å². The Balaban J connectivity index is 1.26. The van der Waals surface area contributed by atoms with Gasteiger partial charge in [-0.25, -0.2) is 9.67 Å². The molecule has 0 radical (unpaired) electrons. The van der Waals surface area contributed by atoms with Gasteiger partial charge in [-0.2, -0.15) is 5.10 Å². The molecule has 2 fully saturated rings. The molecule has 0 aliphatic carbocycles. The van der Waals surface area contributed by atoms with Crippen LogP contribution in [0.2, 0.25) is 5.02 Å². The first-order valence-electron chi connectivity index (χ1n) is 11.2. The zero-order valence-corrected chi connectivity index (χ0v) is 19.0. The third-order valence-electron chi connectivity index (χ3n) is 6.76. The maximum atomic E-state index is 13.6. The smallest absolute Gasteiger partial charge is 0.256 e. The molecule has 4 heterocycles. The van der Waals surface area contributed by atoms with Gasteiger partial charge in [0.25, 0.3) is 5.91 Å². The highest BCUT2D eigenvalue weighted by molar-refractivity contribution is 6.31. The van der Waals surface area contributed by atoms with Crippen molar-refractivity contribution in [3.8, 4) is 5.69 Å². The van der Waals surface area contributed by atoms with E-state index in [0.29, 0.717) is 23.0 Å². The third-order valence-corrected chi connectivity index (χ3v) is 6.99. The van der Waals surface area contributed by atoms with Crippen LogP contribution in [0.15, 0.2) is 61.1 Å². The number of hydrogen-bond donors (Lipinski definition) is 0. The Labute approximate surface area is 196 Å². The van der Waals surface area contributed by atoms with Gasteiger partial charge in [-0.1, -0.05) is 23.2 Å². The quantitative estimate of drug-likeness (QED) is 0.462. The molecule has 166 valence electrons. The molecule has 4 aromatic rings. The van der Waals surface area contributed by atoms with Crippen LogP contribution in [-0.2, 0) is 0 Å². The Bertz CT molecular complexity index is 1350. The lowest BCUT2D eigenvalue weighted by atomic mass is 9.82. The predicted molar refractivity (Wildman–Crippen MR) is 128 cm³/mol. The standard InChI is InChI=1S/C25H23ClN6O/c1-16-3-6-22(32-9-2-8-28-32)19(11-16)25(33)30-10-7-17-14-31(23(17)15-30)24-13-27-20-5-4-18(26)12-21(20)29-24/h2-6,8-9,11-13,17,23H,7,10,14-15H2,1H3/t17-,23-/m0/s1. The Morgan fingerprint density at radius 3 is 2.88 bits per heavy atom. The van der Waals surface area contributed by atoms with Gasteiger partial charge in [0.2, 0.25) is 0 Å². The first kappa shape index (κ1) is 20.2. The number of halogens is 1. The summed E-state index contributed by atoms with van der Waals surface area (Å²) in [6, 6.07) is 13.6. The number of aromatic nitrogens is 4. The van der Waals surface area contributed by atoms with Crippen molar-refractivity contribution in [3.05, 3.63) is 77.2 Å². The zero-order chi connectivity index (χ0) is 22.5. The van der Waals surface area contributed by atoms with E-state index in [-0.39, 0.29) is 11.9 Å². The molecule has 2 aliphatic heterocycles. The van der Waals surface area contributed by atoms with E-state index in [1.54, 1.807) is 10.9 Å². The summed E-state index contributed by atoms with van der Waals surface area (Å²) in [5.74, 6) is 1.45. The lowest BCUT2D eigenvalue weighted by Crippen LogP contribution is -2.65. The molecule has 0 spiro atoms. The second kappa shape index (κ2) is 7.85. The van der Waals surface area contributed by atoms with Crippen molar-refractivity contribution >= 4 is 34.4 Å². The highest BCUT2D eigenvalue weighted by Crippen LogP contribution is 2.36. The van der Waals surface area contributed by atoms with Gasteiger partial charge in [0.1, 0.15) is 5.82 Å². The summed E-state index contributed by atoms with van der Waals surface area (Å²) < 4.78 is 1.75. The number of carbonyl (C=O) groups is 1.